The van der Waals surface area contributed by atoms with E-state index in [4.69, 9.17) is 9.47 Å². The van der Waals surface area contributed by atoms with Gasteiger partial charge >= 0.3 is 11.9 Å². The quantitative estimate of drug-likeness (QED) is 0.279. The van der Waals surface area contributed by atoms with Crippen molar-refractivity contribution in [3.8, 4) is 0 Å². The van der Waals surface area contributed by atoms with Crippen molar-refractivity contribution in [3.63, 3.8) is 0 Å². The molecule has 2 aromatic carbocycles. The van der Waals surface area contributed by atoms with Crippen LogP contribution in [0.15, 0.2) is 60.7 Å². The van der Waals surface area contributed by atoms with Gasteiger partial charge in [-0.3, -0.25) is 19.2 Å². The molecular formula is C32H42N2O6. The van der Waals surface area contributed by atoms with Gasteiger partial charge in [-0.25, -0.2) is 0 Å². The Hall–Kier alpha value is -3.68. The van der Waals surface area contributed by atoms with Crippen LogP contribution in [-0.2, 0) is 41.9 Å². The van der Waals surface area contributed by atoms with E-state index in [2.05, 4.69) is 10.6 Å². The third-order valence-electron chi connectivity index (χ3n) is 6.76. The molecule has 2 amide bonds. The van der Waals surface area contributed by atoms with Gasteiger partial charge in [-0.2, -0.15) is 0 Å². The smallest absolute Gasteiger partial charge is 0.321 e. The van der Waals surface area contributed by atoms with Gasteiger partial charge in [-0.05, 0) is 41.7 Å². The van der Waals surface area contributed by atoms with Crippen LogP contribution in [0.2, 0.25) is 0 Å². The SMILES string of the molecule is CC(C)CC(C(=O)NC(C(=O)NC1CC1)C(C)(C)C)C(C(=O)OCc1ccccc1)C(=O)OCc1ccccc1. The van der Waals surface area contributed by atoms with E-state index in [9.17, 15) is 19.2 Å². The maximum atomic E-state index is 13.8. The molecule has 1 aliphatic carbocycles. The van der Waals surface area contributed by atoms with Crippen molar-refractivity contribution in [2.45, 2.75) is 79.2 Å². The number of nitrogens with one attached hydrogen (secondary N) is 2. The summed E-state index contributed by atoms with van der Waals surface area (Å²) in [6.45, 7) is 9.30. The number of amides is 2. The fourth-order valence-corrected chi connectivity index (χ4v) is 4.40. The fraction of sp³-hybridized carbons (Fsp3) is 0.500. The molecule has 216 valence electrons. The average Bonchev–Trinajstić information content (AvgIpc) is 3.73. The van der Waals surface area contributed by atoms with Crippen LogP contribution in [0.4, 0.5) is 0 Å². The summed E-state index contributed by atoms with van der Waals surface area (Å²) in [7, 11) is 0. The van der Waals surface area contributed by atoms with Gasteiger partial charge < -0.3 is 20.1 Å². The van der Waals surface area contributed by atoms with Crippen LogP contribution >= 0.6 is 0 Å². The summed E-state index contributed by atoms with van der Waals surface area (Å²) >= 11 is 0. The first kappa shape index (κ1) is 30.9. The Kier molecular flexibility index (Phi) is 10.9. The highest BCUT2D eigenvalue weighted by Gasteiger charge is 2.44. The number of benzene rings is 2. The Morgan fingerprint density at radius 1 is 0.800 bits per heavy atom. The molecule has 40 heavy (non-hydrogen) atoms. The third-order valence-corrected chi connectivity index (χ3v) is 6.76. The normalized spacial score (nSPS) is 14.8. The minimum absolute atomic E-state index is 0.0320. The lowest BCUT2D eigenvalue weighted by atomic mass is 9.82. The van der Waals surface area contributed by atoms with Gasteiger partial charge in [0, 0.05) is 6.04 Å². The summed E-state index contributed by atoms with van der Waals surface area (Å²) < 4.78 is 11.1. The van der Waals surface area contributed by atoms with E-state index in [-0.39, 0.29) is 37.5 Å². The van der Waals surface area contributed by atoms with Gasteiger partial charge in [0.2, 0.25) is 11.8 Å². The Bertz CT molecular complexity index is 1080. The lowest BCUT2D eigenvalue weighted by Crippen LogP contribution is -2.56. The summed E-state index contributed by atoms with van der Waals surface area (Å²) in [6.07, 6.45) is 2.04. The zero-order chi connectivity index (χ0) is 29.3. The summed E-state index contributed by atoms with van der Waals surface area (Å²) in [4.78, 5) is 53.9. The topological polar surface area (TPSA) is 111 Å². The van der Waals surface area contributed by atoms with E-state index in [1.165, 1.54) is 0 Å². The van der Waals surface area contributed by atoms with E-state index < -0.39 is 41.1 Å². The van der Waals surface area contributed by atoms with Gasteiger partial charge in [-0.15, -0.1) is 0 Å². The minimum Gasteiger partial charge on any atom is -0.460 e. The number of carbonyl (C=O) groups excluding carboxylic acids is 4. The van der Waals surface area contributed by atoms with Gasteiger partial charge in [0.1, 0.15) is 19.3 Å². The van der Waals surface area contributed by atoms with Crippen LogP contribution in [0.3, 0.4) is 0 Å². The summed E-state index contributed by atoms with van der Waals surface area (Å²) in [5.74, 6) is -5.13. The summed E-state index contributed by atoms with van der Waals surface area (Å²) in [5, 5.41) is 5.83. The molecule has 2 N–H and O–H groups in total. The van der Waals surface area contributed by atoms with E-state index in [0.29, 0.717) is 0 Å². The molecule has 0 radical (unpaired) electrons. The van der Waals surface area contributed by atoms with Crippen molar-refractivity contribution in [3.05, 3.63) is 71.8 Å². The molecule has 0 spiro atoms. The number of ether oxygens (including phenoxy) is 2. The Morgan fingerprint density at radius 3 is 1.68 bits per heavy atom. The fourth-order valence-electron chi connectivity index (χ4n) is 4.40. The second kappa shape index (κ2) is 14.1. The Morgan fingerprint density at radius 2 is 1.27 bits per heavy atom. The zero-order valence-corrected chi connectivity index (χ0v) is 24.1. The van der Waals surface area contributed by atoms with Gasteiger partial charge in [-0.1, -0.05) is 95.3 Å². The number of carbonyl (C=O) groups is 4. The maximum absolute atomic E-state index is 13.8. The molecule has 2 unspecified atom stereocenters. The molecule has 1 aliphatic rings. The van der Waals surface area contributed by atoms with Crippen LogP contribution in [0.1, 0.15) is 65.0 Å². The molecule has 1 fully saturated rings. The molecular weight excluding hydrogens is 508 g/mol. The molecule has 2 aromatic rings. The van der Waals surface area contributed by atoms with Crippen molar-refractivity contribution in [1.29, 1.82) is 0 Å². The van der Waals surface area contributed by atoms with E-state index in [1.54, 1.807) is 24.3 Å². The van der Waals surface area contributed by atoms with E-state index >= 15 is 0 Å². The van der Waals surface area contributed by atoms with Crippen molar-refractivity contribution in [2.75, 3.05) is 0 Å². The number of hydrogen-bond acceptors (Lipinski definition) is 6. The predicted octanol–water partition coefficient (Wildman–Crippen LogP) is 4.56. The molecule has 8 heteroatoms. The highest BCUT2D eigenvalue weighted by atomic mass is 16.6. The minimum atomic E-state index is -1.50. The highest BCUT2D eigenvalue weighted by molar-refractivity contribution is 6.01. The van der Waals surface area contributed by atoms with Crippen molar-refractivity contribution in [2.24, 2.45) is 23.2 Å². The van der Waals surface area contributed by atoms with Gasteiger partial charge in [0.15, 0.2) is 5.92 Å². The van der Waals surface area contributed by atoms with Crippen LogP contribution < -0.4 is 10.6 Å². The Balaban J connectivity index is 1.86. The van der Waals surface area contributed by atoms with Crippen LogP contribution in [-0.4, -0.2) is 35.8 Å². The monoisotopic (exact) mass is 550 g/mol. The van der Waals surface area contributed by atoms with Crippen molar-refractivity contribution < 1.29 is 28.7 Å². The predicted molar refractivity (Wildman–Crippen MR) is 151 cm³/mol. The van der Waals surface area contributed by atoms with E-state index in [0.717, 1.165) is 24.0 Å². The molecule has 0 saturated heterocycles. The van der Waals surface area contributed by atoms with Crippen LogP contribution in [0, 0.1) is 23.2 Å². The molecule has 0 aliphatic heterocycles. The number of hydrogen-bond donors (Lipinski definition) is 2. The third kappa shape index (κ3) is 9.50. The highest BCUT2D eigenvalue weighted by Crippen LogP contribution is 2.28. The molecule has 0 heterocycles. The van der Waals surface area contributed by atoms with Crippen molar-refractivity contribution >= 4 is 23.8 Å². The Labute approximate surface area is 237 Å². The van der Waals surface area contributed by atoms with Gasteiger partial charge in [0.05, 0.1) is 5.92 Å². The summed E-state index contributed by atoms with van der Waals surface area (Å²) in [6, 6.07) is 17.5. The molecule has 8 nitrogen and oxygen atoms in total. The second-order valence-corrected chi connectivity index (χ2v) is 12.0. The second-order valence-electron chi connectivity index (χ2n) is 12.0. The first-order valence-corrected chi connectivity index (χ1v) is 14.0. The van der Waals surface area contributed by atoms with Crippen molar-refractivity contribution in [1.82, 2.24) is 10.6 Å². The first-order valence-electron chi connectivity index (χ1n) is 14.0. The lowest BCUT2D eigenvalue weighted by molar-refractivity contribution is -0.169. The van der Waals surface area contributed by atoms with Gasteiger partial charge in [0.25, 0.3) is 0 Å². The molecule has 2 atom stereocenters. The average molecular weight is 551 g/mol. The molecule has 1 saturated carbocycles. The van der Waals surface area contributed by atoms with Crippen LogP contribution in [0.5, 0.6) is 0 Å². The number of esters is 2. The number of rotatable bonds is 13. The van der Waals surface area contributed by atoms with E-state index in [1.807, 2.05) is 71.0 Å². The molecule has 0 bridgehead atoms. The zero-order valence-electron chi connectivity index (χ0n) is 24.1. The molecule has 3 rings (SSSR count). The standard InChI is InChI=1S/C32H42N2O6/c1-21(2)18-25(28(35)34-27(32(3,4)5)29(36)33-24-16-17-24)26(30(37)39-19-22-12-8-6-9-13-22)31(38)40-20-23-14-10-7-11-15-23/h6-15,21,24-27H,16-20H2,1-5H3,(H,33,36)(H,34,35). The lowest BCUT2D eigenvalue weighted by Gasteiger charge is -2.33. The first-order chi connectivity index (χ1) is 19.0. The largest absolute Gasteiger partial charge is 0.460 e. The summed E-state index contributed by atoms with van der Waals surface area (Å²) in [5.41, 5.74) is 0.900. The maximum Gasteiger partial charge on any atom is 0.321 e. The van der Waals surface area contributed by atoms with Crippen LogP contribution in [0.25, 0.3) is 0 Å². The molecule has 0 aromatic heterocycles.